The molecular weight excluding hydrogens is 446 g/mol. The second-order valence-electron chi connectivity index (χ2n) is 6.14. The third-order valence-electron chi connectivity index (χ3n) is 4.01. The summed E-state index contributed by atoms with van der Waals surface area (Å²) in [6.07, 6.45) is 9.78. The number of esters is 1. The van der Waals surface area contributed by atoms with Crippen LogP contribution >= 0.6 is 15.9 Å². The third kappa shape index (κ3) is 5.69. The summed E-state index contributed by atoms with van der Waals surface area (Å²) < 4.78 is 7.64. The van der Waals surface area contributed by atoms with Crippen molar-refractivity contribution < 1.29 is 14.3 Å². The Labute approximate surface area is 182 Å². The number of ether oxygens (including phenoxy) is 1. The van der Waals surface area contributed by atoms with Crippen molar-refractivity contribution in [2.75, 3.05) is 13.2 Å². The SMILES string of the molecule is C#CCNC(=O)COC(=O)/C=C/c1cn(-c2ccccc2)nc1-c1ccc(Br)cc1. The molecular formula is C23H18BrN3O3. The largest absolute Gasteiger partial charge is 0.452 e. The summed E-state index contributed by atoms with van der Waals surface area (Å²) in [5.41, 5.74) is 3.23. The Morgan fingerprint density at radius 3 is 2.60 bits per heavy atom. The van der Waals surface area contributed by atoms with E-state index in [0.717, 1.165) is 21.3 Å². The van der Waals surface area contributed by atoms with Crippen molar-refractivity contribution in [1.29, 1.82) is 0 Å². The number of nitrogens with one attached hydrogen (secondary N) is 1. The van der Waals surface area contributed by atoms with Gasteiger partial charge in [-0.3, -0.25) is 4.79 Å². The highest BCUT2D eigenvalue weighted by Crippen LogP contribution is 2.26. The van der Waals surface area contributed by atoms with Gasteiger partial charge in [0.05, 0.1) is 17.9 Å². The van der Waals surface area contributed by atoms with Gasteiger partial charge in [0.1, 0.15) is 0 Å². The van der Waals surface area contributed by atoms with E-state index in [1.807, 2.05) is 60.8 Å². The normalized spacial score (nSPS) is 10.5. The van der Waals surface area contributed by atoms with Crippen LogP contribution in [-0.2, 0) is 14.3 Å². The van der Waals surface area contributed by atoms with Crippen LogP contribution in [0.4, 0.5) is 0 Å². The maximum atomic E-state index is 12.0. The van der Waals surface area contributed by atoms with Crippen LogP contribution in [0.15, 0.2) is 71.3 Å². The summed E-state index contributed by atoms with van der Waals surface area (Å²) >= 11 is 3.43. The standard InChI is InChI=1S/C23H18BrN3O3/c1-2-14-25-21(28)16-30-22(29)13-10-18-15-27(20-6-4-3-5-7-20)26-23(18)17-8-11-19(24)12-9-17/h1,3-13,15H,14,16H2,(H,25,28)/b13-10+. The molecule has 30 heavy (non-hydrogen) atoms. The van der Waals surface area contributed by atoms with Crippen molar-refractivity contribution in [3.8, 4) is 29.3 Å². The predicted octanol–water partition coefficient (Wildman–Crippen LogP) is 3.61. The predicted molar refractivity (Wildman–Crippen MR) is 119 cm³/mol. The van der Waals surface area contributed by atoms with Crippen molar-refractivity contribution in [2.45, 2.75) is 0 Å². The Balaban J connectivity index is 1.82. The number of amides is 1. The van der Waals surface area contributed by atoms with E-state index in [1.165, 1.54) is 6.08 Å². The first-order valence-electron chi connectivity index (χ1n) is 9.03. The minimum Gasteiger partial charge on any atom is -0.452 e. The minimum atomic E-state index is -0.639. The smallest absolute Gasteiger partial charge is 0.331 e. The Bertz CT molecular complexity index is 1100. The van der Waals surface area contributed by atoms with Gasteiger partial charge in [-0.1, -0.05) is 52.2 Å². The van der Waals surface area contributed by atoms with Gasteiger partial charge in [-0.15, -0.1) is 6.42 Å². The fraction of sp³-hybridized carbons (Fsp3) is 0.0870. The van der Waals surface area contributed by atoms with Gasteiger partial charge in [-0.25, -0.2) is 9.48 Å². The Morgan fingerprint density at radius 1 is 1.17 bits per heavy atom. The fourth-order valence-electron chi connectivity index (χ4n) is 2.60. The highest BCUT2D eigenvalue weighted by molar-refractivity contribution is 9.10. The molecule has 1 aromatic heterocycles. The highest BCUT2D eigenvalue weighted by atomic mass is 79.9. The van der Waals surface area contributed by atoms with Crippen LogP contribution in [0, 0.1) is 12.3 Å². The lowest BCUT2D eigenvalue weighted by Crippen LogP contribution is -2.28. The zero-order chi connectivity index (χ0) is 21.3. The molecule has 6 nitrogen and oxygen atoms in total. The molecule has 0 spiro atoms. The number of para-hydroxylation sites is 1. The maximum Gasteiger partial charge on any atom is 0.331 e. The van der Waals surface area contributed by atoms with E-state index in [2.05, 4.69) is 32.3 Å². The van der Waals surface area contributed by atoms with E-state index >= 15 is 0 Å². The van der Waals surface area contributed by atoms with Crippen LogP contribution in [-0.4, -0.2) is 34.8 Å². The van der Waals surface area contributed by atoms with Crippen LogP contribution in [0.3, 0.4) is 0 Å². The summed E-state index contributed by atoms with van der Waals surface area (Å²) in [6.45, 7) is -0.310. The number of carbonyl (C=O) groups is 2. The molecule has 0 unspecified atom stereocenters. The second kappa shape index (κ2) is 10.2. The summed E-state index contributed by atoms with van der Waals surface area (Å²) in [5, 5.41) is 7.11. The first-order chi connectivity index (χ1) is 14.6. The van der Waals surface area contributed by atoms with Crippen molar-refractivity contribution in [3.05, 3.63) is 76.9 Å². The highest BCUT2D eigenvalue weighted by Gasteiger charge is 2.11. The molecule has 0 fully saturated rings. The molecule has 1 N–H and O–H groups in total. The van der Waals surface area contributed by atoms with Crippen LogP contribution in [0.25, 0.3) is 23.0 Å². The number of halogens is 1. The molecule has 7 heteroatoms. The lowest BCUT2D eigenvalue weighted by atomic mass is 10.1. The molecule has 0 saturated heterocycles. The summed E-state index contributed by atoms with van der Waals surface area (Å²) in [7, 11) is 0. The average Bonchev–Trinajstić information content (AvgIpc) is 3.20. The molecule has 0 aliphatic rings. The molecule has 1 amide bonds. The van der Waals surface area contributed by atoms with Crippen molar-refractivity contribution in [3.63, 3.8) is 0 Å². The molecule has 3 rings (SSSR count). The monoisotopic (exact) mass is 463 g/mol. The number of nitrogens with zero attached hydrogens (tertiary/aromatic N) is 2. The molecule has 0 atom stereocenters. The van der Waals surface area contributed by atoms with Crippen LogP contribution < -0.4 is 5.32 Å². The van der Waals surface area contributed by atoms with Gasteiger partial charge in [-0.2, -0.15) is 5.10 Å². The number of aromatic nitrogens is 2. The lowest BCUT2D eigenvalue weighted by molar-refractivity contribution is -0.143. The van der Waals surface area contributed by atoms with Gasteiger partial charge in [0, 0.05) is 27.9 Å². The summed E-state index contributed by atoms with van der Waals surface area (Å²) in [5.74, 6) is 1.18. The van der Waals surface area contributed by atoms with E-state index in [4.69, 9.17) is 11.2 Å². The number of benzene rings is 2. The van der Waals surface area contributed by atoms with Gasteiger partial charge in [0.2, 0.25) is 0 Å². The van der Waals surface area contributed by atoms with E-state index in [0.29, 0.717) is 5.69 Å². The number of carbonyl (C=O) groups excluding carboxylic acids is 2. The molecule has 0 aliphatic carbocycles. The Hall–Kier alpha value is -3.63. The Kier molecular flexibility index (Phi) is 7.19. The zero-order valence-electron chi connectivity index (χ0n) is 15.9. The van der Waals surface area contributed by atoms with Gasteiger partial charge in [-0.05, 0) is 30.3 Å². The number of rotatable bonds is 7. The average molecular weight is 464 g/mol. The fourth-order valence-corrected chi connectivity index (χ4v) is 2.86. The summed E-state index contributed by atoms with van der Waals surface area (Å²) in [6, 6.07) is 17.4. The number of hydrogen-bond acceptors (Lipinski definition) is 4. The maximum absolute atomic E-state index is 12.0. The van der Waals surface area contributed by atoms with Gasteiger partial charge in [0.25, 0.3) is 5.91 Å². The van der Waals surface area contributed by atoms with Crippen LogP contribution in [0.1, 0.15) is 5.56 Å². The molecule has 150 valence electrons. The first-order valence-corrected chi connectivity index (χ1v) is 9.82. The second-order valence-corrected chi connectivity index (χ2v) is 7.06. The molecule has 0 radical (unpaired) electrons. The lowest BCUT2D eigenvalue weighted by Gasteiger charge is -2.02. The summed E-state index contributed by atoms with van der Waals surface area (Å²) in [4.78, 5) is 23.5. The van der Waals surface area contributed by atoms with E-state index in [1.54, 1.807) is 10.8 Å². The topological polar surface area (TPSA) is 73.2 Å². The molecule has 0 aliphatic heterocycles. The quantitative estimate of drug-likeness (QED) is 0.330. The van der Waals surface area contributed by atoms with E-state index in [9.17, 15) is 9.59 Å². The van der Waals surface area contributed by atoms with Gasteiger partial charge >= 0.3 is 5.97 Å². The first kappa shape index (κ1) is 21.1. The van der Waals surface area contributed by atoms with Crippen molar-refractivity contribution in [1.82, 2.24) is 15.1 Å². The van der Waals surface area contributed by atoms with Crippen molar-refractivity contribution in [2.24, 2.45) is 0 Å². The van der Waals surface area contributed by atoms with Crippen LogP contribution in [0.2, 0.25) is 0 Å². The molecule has 0 saturated carbocycles. The number of hydrogen-bond donors (Lipinski definition) is 1. The molecule has 0 bridgehead atoms. The molecule has 1 heterocycles. The minimum absolute atomic E-state index is 0.0848. The number of terminal acetylenes is 1. The van der Waals surface area contributed by atoms with Crippen LogP contribution in [0.5, 0.6) is 0 Å². The molecule has 3 aromatic rings. The van der Waals surface area contributed by atoms with Gasteiger partial charge in [0.15, 0.2) is 6.61 Å². The Morgan fingerprint density at radius 2 is 1.90 bits per heavy atom. The third-order valence-corrected chi connectivity index (χ3v) is 4.54. The van der Waals surface area contributed by atoms with E-state index in [-0.39, 0.29) is 6.54 Å². The van der Waals surface area contributed by atoms with Crippen molar-refractivity contribution >= 4 is 33.9 Å². The van der Waals surface area contributed by atoms with E-state index < -0.39 is 18.5 Å². The zero-order valence-corrected chi connectivity index (χ0v) is 17.5. The molecule has 2 aromatic carbocycles. The van der Waals surface area contributed by atoms with Gasteiger partial charge < -0.3 is 10.1 Å².